The third kappa shape index (κ3) is 4.17. The summed E-state index contributed by atoms with van der Waals surface area (Å²) in [5, 5.41) is 6.32. The highest BCUT2D eigenvalue weighted by Crippen LogP contribution is 2.27. The van der Waals surface area contributed by atoms with Crippen LogP contribution in [0.3, 0.4) is 0 Å². The van der Waals surface area contributed by atoms with Crippen LogP contribution in [0.15, 0.2) is 72.1 Å². The molecule has 0 radical (unpaired) electrons. The van der Waals surface area contributed by atoms with E-state index in [1.54, 1.807) is 0 Å². The molecule has 0 N–H and O–H groups in total. The molecular weight excluding hydrogens is 372 g/mol. The van der Waals surface area contributed by atoms with E-state index in [4.69, 9.17) is 12.2 Å². The average molecular weight is 393 g/mol. The summed E-state index contributed by atoms with van der Waals surface area (Å²) in [7, 11) is 0. The first-order valence-electron chi connectivity index (χ1n) is 8.88. The van der Waals surface area contributed by atoms with Crippen LogP contribution in [0.25, 0.3) is 20.9 Å². The second kappa shape index (κ2) is 8.34. The predicted molar refractivity (Wildman–Crippen MR) is 123 cm³/mol. The molecule has 0 bridgehead atoms. The van der Waals surface area contributed by atoms with E-state index in [2.05, 4.69) is 72.1 Å². The van der Waals surface area contributed by atoms with Crippen molar-refractivity contribution in [3.63, 3.8) is 0 Å². The Kier molecular flexibility index (Phi) is 5.68. The van der Waals surface area contributed by atoms with Crippen LogP contribution < -0.4 is 0 Å². The van der Waals surface area contributed by atoms with Crippen molar-refractivity contribution in [2.75, 3.05) is 0 Å². The SMILES string of the molecule is S=C(CCCc1csc2ccccc12)SCc1ccc2ccccc2c1. The molecule has 1 aromatic heterocycles. The van der Waals surface area contributed by atoms with E-state index < -0.39 is 0 Å². The topological polar surface area (TPSA) is 0 Å². The Morgan fingerprint density at radius 2 is 1.73 bits per heavy atom. The summed E-state index contributed by atoms with van der Waals surface area (Å²) in [6.45, 7) is 0. The summed E-state index contributed by atoms with van der Waals surface area (Å²) in [6, 6.07) is 23.9. The first-order valence-corrected chi connectivity index (χ1v) is 11.2. The first-order chi connectivity index (χ1) is 12.8. The number of aryl methyl sites for hydroxylation is 1. The van der Waals surface area contributed by atoms with E-state index in [1.165, 1.54) is 32.0 Å². The quantitative estimate of drug-likeness (QED) is 0.309. The van der Waals surface area contributed by atoms with Crippen molar-refractivity contribution in [1.82, 2.24) is 0 Å². The van der Waals surface area contributed by atoms with Gasteiger partial charge in [-0.05, 0) is 58.0 Å². The lowest BCUT2D eigenvalue weighted by molar-refractivity contribution is 0.885. The molecule has 0 aliphatic rings. The van der Waals surface area contributed by atoms with E-state index in [0.29, 0.717) is 0 Å². The lowest BCUT2D eigenvalue weighted by Gasteiger charge is -2.06. The second-order valence-electron chi connectivity index (χ2n) is 6.45. The van der Waals surface area contributed by atoms with Crippen LogP contribution in [0.2, 0.25) is 0 Å². The van der Waals surface area contributed by atoms with E-state index in [-0.39, 0.29) is 0 Å². The highest BCUT2D eigenvalue weighted by atomic mass is 32.2. The van der Waals surface area contributed by atoms with Crippen molar-refractivity contribution in [2.24, 2.45) is 0 Å². The van der Waals surface area contributed by atoms with Crippen LogP contribution in [0.4, 0.5) is 0 Å². The van der Waals surface area contributed by atoms with Crippen LogP contribution in [-0.4, -0.2) is 4.20 Å². The van der Waals surface area contributed by atoms with Crippen LogP contribution >= 0.6 is 35.3 Å². The van der Waals surface area contributed by atoms with Crippen molar-refractivity contribution < 1.29 is 0 Å². The minimum atomic E-state index is 0.963. The van der Waals surface area contributed by atoms with Gasteiger partial charge in [-0.25, -0.2) is 0 Å². The zero-order chi connectivity index (χ0) is 17.8. The van der Waals surface area contributed by atoms with E-state index in [1.807, 2.05) is 23.1 Å². The second-order valence-corrected chi connectivity index (χ2v) is 9.19. The lowest BCUT2D eigenvalue weighted by Crippen LogP contribution is -1.93. The van der Waals surface area contributed by atoms with Gasteiger partial charge in [0.1, 0.15) is 0 Å². The maximum Gasteiger partial charge on any atom is 0.0481 e. The van der Waals surface area contributed by atoms with Crippen molar-refractivity contribution in [1.29, 1.82) is 0 Å². The van der Waals surface area contributed by atoms with Crippen molar-refractivity contribution in [3.05, 3.63) is 83.2 Å². The molecule has 0 aliphatic heterocycles. The van der Waals surface area contributed by atoms with Gasteiger partial charge in [0.05, 0.1) is 0 Å². The van der Waals surface area contributed by atoms with Gasteiger partial charge in [0.2, 0.25) is 0 Å². The fourth-order valence-electron chi connectivity index (χ4n) is 3.21. The van der Waals surface area contributed by atoms with Gasteiger partial charge in [-0.15, -0.1) is 23.1 Å². The van der Waals surface area contributed by atoms with Crippen molar-refractivity contribution in [3.8, 4) is 0 Å². The Labute approximate surface area is 168 Å². The molecule has 0 spiro atoms. The van der Waals surface area contributed by atoms with Gasteiger partial charge in [-0.3, -0.25) is 0 Å². The Bertz CT molecular complexity index is 1050. The molecule has 130 valence electrons. The monoisotopic (exact) mass is 392 g/mol. The molecule has 26 heavy (non-hydrogen) atoms. The highest BCUT2D eigenvalue weighted by Gasteiger charge is 2.05. The molecule has 3 heteroatoms. The van der Waals surface area contributed by atoms with Gasteiger partial charge < -0.3 is 0 Å². The van der Waals surface area contributed by atoms with Crippen LogP contribution in [-0.2, 0) is 12.2 Å². The van der Waals surface area contributed by atoms with Crippen LogP contribution in [0.1, 0.15) is 24.0 Å². The molecule has 0 amide bonds. The maximum atomic E-state index is 5.61. The average Bonchev–Trinajstić information content (AvgIpc) is 3.09. The van der Waals surface area contributed by atoms with Crippen molar-refractivity contribution >= 4 is 60.4 Å². The summed E-state index contributed by atoms with van der Waals surface area (Å²) in [4.78, 5) is 0. The summed E-state index contributed by atoms with van der Waals surface area (Å²) < 4.78 is 2.51. The molecule has 0 fully saturated rings. The van der Waals surface area contributed by atoms with Gasteiger partial charge in [0, 0.05) is 14.6 Å². The third-order valence-corrected chi connectivity index (χ3v) is 7.18. The standard InChI is InChI=1S/C23H20S3/c24-23(11-5-8-20-16-25-22-10-4-3-9-21(20)22)26-15-17-12-13-18-6-1-2-7-19(18)14-17/h1-4,6-7,9-10,12-14,16H,5,8,11,15H2. The Morgan fingerprint density at radius 3 is 2.65 bits per heavy atom. The minimum absolute atomic E-state index is 0.963. The van der Waals surface area contributed by atoms with Gasteiger partial charge in [-0.1, -0.05) is 72.9 Å². The van der Waals surface area contributed by atoms with Gasteiger partial charge in [-0.2, -0.15) is 0 Å². The maximum absolute atomic E-state index is 5.61. The number of fused-ring (bicyclic) bond motifs is 2. The van der Waals surface area contributed by atoms with Crippen LogP contribution in [0.5, 0.6) is 0 Å². The van der Waals surface area contributed by atoms with Crippen LogP contribution in [0, 0.1) is 0 Å². The zero-order valence-corrected chi connectivity index (χ0v) is 16.9. The Hall–Kier alpha value is -1.68. The number of hydrogen-bond acceptors (Lipinski definition) is 3. The smallest absolute Gasteiger partial charge is 0.0481 e. The molecule has 0 nitrogen and oxygen atoms in total. The molecule has 4 rings (SSSR count). The largest absolute Gasteiger partial charge is 0.144 e. The van der Waals surface area contributed by atoms with Crippen molar-refractivity contribution in [2.45, 2.75) is 25.0 Å². The number of hydrogen-bond donors (Lipinski definition) is 0. The molecule has 0 unspecified atom stereocenters. The lowest BCUT2D eigenvalue weighted by atomic mass is 10.1. The zero-order valence-electron chi connectivity index (χ0n) is 14.5. The van der Waals surface area contributed by atoms with E-state index in [0.717, 1.165) is 29.2 Å². The molecule has 0 saturated heterocycles. The van der Waals surface area contributed by atoms with Gasteiger partial charge in [0.15, 0.2) is 0 Å². The normalized spacial score (nSPS) is 11.2. The van der Waals surface area contributed by atoms with E-state index >= 15 is 0 Å². The molecule has 0 aliphatic carbocycles. The van der Waals surface area contributed by atoms with E-state index in [9.17, 15) is 0 Å². The minimum Gasteiger partial charge on any atom is -0.144 e. The molecule has 3 aromatic carbocycles. The third-order valence-electron chi connectivity index (χ3n) is 4.60. The molecule has 4 aromatic rings. The molecule has 0 atom stereocenters. The fourth-order valence-corrected chi connectivity index (χ4v) is 5.33. The number of thiocarbonyl (C=S) groups is 1. The molecule has 0 saturated carbocycles. The molecule has 1 heterocycles. The summed E-state index contributed by atoms with van der Waals surface area (Å²) in [6.07, 6.45) is 3.25. The number of thiophene rings is 1. The Balaban J connectivity index is 1.28. The van der Waals surface area contributed by atoms with Gasteiger partial charge in [0.25, 0.3) is 0 Å². The number of benzene rings is 3. The number of rotatable bonds is 6. The summed E-state index contributed by atoms with van der Waals surface area (Å²) >= 11 is 9.26. The predicted octanol–water partition coefficient (Wildman–Crippen LogP) is 7.64. The highest BCUT2D eigenvalue weighted by molar-refractivity contribution is 8.22. The summed E-state index contributed by atoms with van der Waals surface area (Å²) in [5.41, 5.74) is 2.81. The fraction of sp³-hybridized carbons (Fsp3) is 0.174. The first kappa shape index (κ1) is 17.7. The van der Waals surface area contributed by atoms with Gasteiger partial charge >= 0.3 is 0 Å². The molecular formula is C23H20S3. The number of thioether (sulfide) groups is 1. The summed E-state index contributed by atoms with van der Waals surface area (Å²) in [5.74, 6) is 0.963. The Morgan fingerprint density at radius 1 is 0.923 bits per heavy atom.